The normalized spacial score (nSPS) is 16.8. The van der Waals surface area contributed by atoms with E-state index in [4.69, 9.17) is 4.74 Å². The number of morpholine rings is 1. The highest BCUT2D eigenvalue weighted by molar-refractivity contribution is 5.95. The number of piperazine rings is 1. The van der Waals surface area contributed by atoms with E-state index in [1.54, 1.807) is 6.33 Å². The van der Waals surface area contributed by atoms with Gasteiger partial charge in [0, 0.05) is 50.9 Å². The van der Waals surface area contributed by atoms with Crippen molar-refractivity contribution < 1.29 is 9.53 Å². The lowest BCUT2D eigenvalue weighted by molar-refractivity contribution is 0.0746. The fourth-order valence-corrected chi connectivity index (χ4v) is 4.23. The Labute approximate surface area is 188 Å². The van der Waals surface area contributed by atoms with Gasteiger partial charge in [0.15, 0.2) is 0 Å². The first-order valence-electron chi connectivity index (χ1n) is 11.1. The van der Waals surface area contributed by atoms with Gasteiger partial charge < -0.3 is 19.4 Å². The quantitative estimate of drug-likeness (QED) is 0.636. The van der Waals surface area contributed by atoms with Crippen LogP contribution in [0.15, 0.2) is 67.0 Å². The molecule has 1 amide bonds. The summed E-state index contributed by atoms with van der Waals surface area (Å²) in [5.74, 6) is 1.94. The third-order valence-corrected chi connectivity index (χ3v) is 6.10. The minimum atomic E-state index is 0.0842. The molecule has 0 bridgehead atoms. The van der Waals surface area contributed by atoms with Gasteiger partial charge in [0.1, 0.15) is 18.0 Å². The number of nitrogens with zero attached hydrogens (tertiary/aromatic N) is 5. The lowest BCUT2D eigenvalue weighted by atomic mass is 10.0. The van der Waals surface area contributed by atoms with Crippen LogP contribution in [0.2, 0.25) is 0 Å². The summed E-state index contributed by atoms with van der Waals surface area (Å²) in [5, 5.41) is 0. The maximum Gasteiger partial charge on any atom is 0.253 e. The number of amides is 1. The van der Waals surface area contributed by atoms with Gasteiger partial charge in [0.05, 0.1) is 13.2 Å². The maximum absolute atomic E-state index is 13.0. The van der Waals surface area contributed by atoms with Crippen molar-refractivity contribution in [3.05, 3.63) is 72.6 Å². The molecule has 7 nitrogen and oxygen atoms in total. The number of carbonyl (C=O) groups excluding carboxylic acids is 1. The van der Waals surface area contributed by atoms with Crippen LogP contribution in [0.5, 0.6) is 0 Å². The van der Waals surface area contributed by atoms with E-state index in [0.29, 0.717) is 13.1 Å². The molecule has 2 saturated heterocycles. The molecule has 0 radical (unpaired) electrons. The summed E-state index contributed by atoms with van der Waals surface area (Å²) in [6.45, 7) is 6.02. The number of carbonyl (C=O) groups is 1. The van der Waals surface area contributed by atoms with Gasteiger partial charge in [-0.15, -0.1) is 0 Å². The Bertz CT molecular complexity index is 1040. The van der Waals surface area contributed by atoms with Crippen molar-refractivity contribution in [2.45, 2.75) is 0 Å². The van der Waals surface area contributed by atoms with Crippen LogP contribution in [0.4, 0.5) is 11.6 Å². The van der Waals surface area contributed by atoms with Crippen molar-refractivity contribution in [2.24, 2.45) is 0 Å². The maximum atomic E-state index is 13.0. The van der Waals surface area contributed by atoms with Gasteiger partial charge in [-0.3, -0.25) is 4.79 Å². The third kappa shape index (κ3) is 4.43. The Morgan fingerprint density at radius 3 is 1.97 bits per heavy atom. The number of anilines is 2. The Hall–Kier alpha value is -3.45. The molecule has 0 aliphatic carbocycles. The van der Waals surface area contributed by atoms with Crippen molar-refractivity contribution >= 4 is 17.5 Å². The molecular formula is C25H27N5O2. The van der Waals surface area contributed by atoms with E-state index in [9.17, 15) is 4.79 Å². The molecule has 3 aromatic rings. The topological polar surface area (TPSA) is 61.8 Å². The molecule has 0 unspecified atom stereocenters. The molecule has 2 aliphatic heterocycles. The van der Waals surface area contributed by atoms with Crippen LogP contribution < -0.4 is 9.80 Å². The molecule has 0 atom stereocenters. The second-order valence-corrected chi connectivity index (χ2v) is 8.06. The van der Waals surface area contributed by atoms with E-state index in [2.05, 4.69) is 31.9 Å². The Morgan fingerprint density at radius 2 is 1.31 bits per heavy atom. The van der Waals surface area contributed by atoms with Gasteiger partial charge in [-0.2, -0.15) is 0 Å². The first-order chi connectivity index (χ1) is 15.8. The van der Waals surface area contributed by atoms with Crippen molar-refractivity contribution in [2.75, 3.05) is 62.3 Å². The molecule has 2 fully saturated rings. The third-order valence-electron chi connectivity index (χ3n) is 6.10. The average molecular weight is 430 g/mol. The SMILES string of the molecule is O=C(c1ccc(-c2ccccc2)cc1)N1CCN(c2cc(N3CCOCC3)ncn2)CC1. The summed E-state index contributed by atoms with van der Waals surface area (Å²) in [4.78, 5) is 28.3. The van der Waals surface area contributed by atoms with E-state index >= 15 is 0 Å². The van der Waals surface area contributed by atoms with E-state index < -0.39 is 0 Å². The number of rotatable bonds is 4. The van der Waals surface area contributed by atoms with Crippen LogP contribution in [0.1, 0.15) is 10.4 Å². The second-order valence-electron chi connectivity index (χ2n) is 8.06. The van der Waals surface area contributed by atoms with E-state index in [1.165, 1.54) is 0 Å². The van der Waals surface area contributed by atoms with Crippen LogP contribution in [0.25, 0.3) is 11.1 Å². The predicted octanol–water partition coefficient (Wildman–Crippen LogP) is 2.94. The molecule has 3 heterocycles. The molecule has 0 saturated carbocycles. The molecule has 5 rings (SSSR count). The van der Waals surface area contributed by atoms with Crippen LogP contribution in [-0.2, 0) is 4.74 Å². The summed E-state index contributed by atoms with van der Waals surface area (Å²) >= 11 is 0. The van der Waals surface area contributed by atoms with Crippen molar-refractivity contribution in [3.8, 4) is 11.1 Å². The van der Waals surface area contributed by atoms with Crippen LogP contribution in [0.3, 0.4) is 0 Å². The first-order valence-corrected chi connectivity index (χ1v) is 11.1. The van der Waals surface area contributed by atoms with Gasteiger partial charge in [-0.05, 0) is 23.3 Å². The summed E-state index contributed by atoms with van der Waals surface area (Å²) in [6.07, 6.45) is 1.63. The van der Waals surface area contributed by atoms with E-state index in [0.717, 1.165) is 67.7 Å². The highest BCUT2D eigenvalue weighted by Crippen LogP contribution is 2.22. The summed E-state index contributed by atoms with van der Waals surface area (Å²) in [5.41, 5.74) is 3.00. The van der Waals surface area contributed by atoms with Crippen molar-refractivity contribution in [1.82, 2.24) is 14.9 Å². The zero-order valence-corrected chi connectivity index (χ0v) is 18.1. The molecule has 7 heteroatoms. The van der Waals surface area contributed by atoms with Gasteiger partial charge >= 0.3 is 0 Å². The number of aromatic nitrogens is 2. The molecule has 1 aromatic heterocycles. The van der Waals surface area contributed by atoms with E-state index in [1.807, 2.05) is 53.4 Å². The van der Waals surface area contributed by atoms with E-state index in [-0.39, 0.29) is 5.91 Å². The first kappa shape index (κ1) is 20.5. The van der Waals surface area contributed by atoms with Crippen LogP contribution >= 0.6 is 0 Å². The lowest BCUT2D eigenvalue weighted by Gasteiger charge is -2.36. The summed E-state index contributed by atoms with van der Waals surface area (Å²) in [7, 11) is 0. The monoisotopic (exact) mass is 429 g/mol. The number of benzene rings is 2. The molecule has 32 heavy (non-hydrogen) atoms. The van der Waals surface area contributed by atoms with Crippen molar-refractivity contribution in [3.63, 3.8) is 0 Å². The van der Waals surface area contributed by atoms with Crippen LogP contribution in [0, 0.1) is 0 Å². The minimum absolute atomic E-state index is 0.0842. The van der Waals surface area contributed by atoms with Gasteiger partial charge in [0.2, 0.25) is 0 Å². The second kappa shape index (κ2) is 9.36. The number of hydrogen-bond acceptors (Lipinski definition) is 6. The molecule has 0 spiro atoms. The Kier molecular flexibility index (Phi) is 5.98. The molecule has 2 aromatic carbocycles. The summed E-state index contributed by atoms with van der Waals surface area (Å²) in [6, 6.07) is 20.1. The predicted molar refractivity (Wildman–Crippen MR) is 125 cm³/mol. The zero-order chi connectivity index (χ0) is 21.8. The smallest absolute Gasteiger partial charge is 0.253 e. The number of ether oxygens (including phenoxy) is 1. The fraction of sp³-hybridized carbons (Fsp3) is 0.320. The highest BCUT2D eigenvalue weighted by Gasteiger charge is 2.24. The fourth-order valence-electron chi connectivity index (χ4n) is 4.23. The molecule has 0 N–H and O–H groups in total. The Morgan fingerprint density at radius 1 is 0.719 bits per heavy atom. The van der Waals surface area contributed by atoms with Crippen molar-refractivity contribution in [1.29, 1.82) is 0 Å². The molecular weight excluding hydrogens is 402 g/mol. The number of hydrogen-bond donors (Lipinski definition) is 0. The zero-order valence-electron chi connectivity index (χ0n) is 18.1. The average Bonchev–Trinajstić information content (AvgIpc) is 2.89. The lowest BCUT2D eigenvalue weighted by Crippen LogP contribution is -2.49. The minimum Gasteiger partial charge on any atom is -0.378 e. The Balaban J connectivity index is 1.21. The standard InChI is InChI=1S/C25H27N5O2/c31-25(22-8-6-21(7-9-22)20-4-2-1-3-5-20)30-12-10-28(11-13-30)23-18-24(27-19-26-23)29-14-16-32-17-15-29/h1-9,18-19H,10-17H2. The molecule has 164 valence electrons. The van der Waals surface area contributed by atoms with Crippen LogP contribution in [-0.4, -0.2) is 73.3 Å². The van der Waals surface area contributed by atoms with Gasteiger partial charge in [-0.25, -0.2) is 9.97 Å². The van der Waals surface area contributed by atoms with Gasteiger partial charge in [0.25, 0.3) is 5.91 Å². The molecule has 2 aliphatic rings. The van der Waals surface area contributed by atoms with Gasteiger partial charge in [-0.1, -0.05) is 42.5 Å². The highest BCUT2D eigenvalue weighted by atomic mass is 16.5. The summed E-state index contributed by atoms with van der Waals surface area (Å²) < 4.78 is 5.43. The largest absolute Gasteiger partial charge is 0.378 e.